The Morgan fingerprint density at radius 1 is 1.67 bits per heavy atom. The van der Waals surface area contributed by atoms with Gasteiger partial charge in [-0.05, 0) is 13.8 Å². The van der Waals surface area contributed by atoms with Gasteiger partial charge in [0.25, 0.3) is 0 Å². The van der Waals surface area contributed by atoms with Crippen LogP contribution in [0.2, 0.25) is 0 Å². The largest absolute Gasteiger partial charge is 0.371 e. The molecule has 0 aliphatic rings. The zero-order chi connectivity index (χ0) is 9.40. The van der Waals surface area contributed by atoms with Crippen LogP contribution in [0.4, 0.5) is 0 Å². The van der Waals surface area contributed by atoms with Crippen LogP contribution >= 0.6 is 0 Å². The normalized spacial score (nSPS) is 9.83. The van der Waals surface area contributed by atoms with Crippen molar-refractivity contribution < 1.29 is 9.53 Å². The minimum atomic E-state index is 0.0268. The molecule has 0 aromatic heterocycles. The molecule has 0 radical (unpaired) electrons. The van der Waals surface area contributed by atoms with Crippen LogP contribution in [0.3, 0.4) is 0 Å². The summed E-state index contributed by atoms with van der Waals surface area (Å²) in [5, 5.41) is 2.79. The lowest BCUT2D eigenvalue weighted by atomic mass is 10.4. The van der Waals surface area contributed by atoms with Crippen LogP contribution in [0.1, 0.15) is 13.8 Å². The van der Waals surface area contributed by atoms with Crippen molar-refractivity contribution in [3.8, 4) is 12.3 Å². The van der Waals surface area contributed by atoms with E-state index in [0.29, 0.717) is 6.54 Å². The molecule has 0 amide bonds. The number of nitrogens with one attached hydrogen (secondary N) is 1. The van der Waals surface area contributed by atoms with Crippen molar-refractivity contribution in [1.29, 1.82) is 0 Å². The zero-order valence-electron chi connectivity index (χ0n) is 7.59. The lowest BCUT2D eigenvalue weighted by Crippen LogP contribution is -2.27. The maximum absolute atomic E-state index is 11.0. The Hall–Kier alpha value is -0.850. The fraction of sp³-hybridized carbons (Fsp3) is 0.667. The van der Waals surface area contributed by atoms with Crippen LogP contribution in [0.25, 0.3) is 0 Å². The van der Waals surface area contributed by atoms with Crippen LogP contribution in [0.15, 0.2) is 0 Å². The summed E-state index contributed by atoms with van der Waals surface area (Å²) in [4.78, 5) is 11.0. The molecule has 0 aliphatic heterocycles. The molecule has 0 atom stereocenters. The number of rotatable bonds is 6. The number of hydrogen-bond acceptors (Lipinski definition) is 3. The third kappa shape index (κ3) is 7.26. The van der Waals surface area contributed by atoms with E-state index in [-0.39, 0.29) is 25.0 Å². The number of carbonyl (C=O) groups is 1. The average Bonchev–Trinajstić information content (AvgIpc) is 2.01. The fourth-order valence-corrected chi connectivity index (χ4v) is 0.585. The first kappa shape index (κ1) is 11.2. The minimum absolute atomic E-state index is 0.0268. The molecule has 0 heterocycles. The summed E-state index contributed by atoms with van der Waals surface area (Å²) in [6.07, 6.45) is 5.08. The van der Waals surface area contributed by atoms with E-state index < -0.39 is 0 Å². The van der Waals surface area contributed by atoms with Crippen LogP contribution in [0.5, 0.6) is 0 Å². The quantitative estimate of drug-likeness (QED) is 0.456. The van der Waals surface area contributed by atoms with Crippen molar-refractivity contribution in [2.24, 2.45) is 0 Å². The van der Waals surface area contributed by atoms with Gasteiger partial charge in [0.1, 0.15) is 6.61 Å². The van der Waals surface area contributed by atoms with Crippen LogP contribution in [-0.2, 0) is 9.53 Å². The highest BCUT2D eigenvalue weighted by Crippen LogP contribution is 1.86. The van der Waals surface area contributed by atoms with E-state index in [4.69, 9.17) is 11.2 Å². The van der Waals surface area contributed by atoms with Crippen molar-refractivity contribution in [2.75, 3.05) is 19.7 Å². The molecule has 0 saturated heterocycles. The Balaban J connectivity index is 3.29. The Bertz CT molecular complexity index is 170. The van der Waals surface area contributed by atoms with E-state index in [9.17, 15) is 4.79 Å². The van der Waals surface area contributed by atoms with Gasteiger partial charge in [-0.2, -0.15) is 0 Å². The molecule has 0 saturated carbocycles. The van der Waals surface area contributed by atoms with Crippen LogP contribution in [-0.4, -0.2) is 31.6 Å². The van der Waals surface area contributed by atoms with E-state index in [0.717, 1.165) is 0 Å². The smallest absolute Gasteiger partial charge is 0.172 e. The average molecular weight is 169 g/mol. The van der Waals surface area contributed by atoms with Crippen LogP contribution in [0, 0.1) is 12.3 Å². The second kappa shape index (κ2) is 6.84. The molecule has 68 valence electrons. The van der Waals surface area contributed by atoms with Gasteiger partial charge >= 0.3 is 0 Å². The number of Topliss-reactive ketones (excluding diaryl/α,β-unsaturated/α-hetero) is 1. The minimum Gasteiger partial charge on any atom is -0.371 e. The van der Waals surface area contributed by atoms with E-state index in [1.54, 1.807) is 0 Å². The SMILES string of the molecule is C#CCNCC(=O)COC(C)C. The molecule has 0 fully saturated rings. The van der Waals surface area contributed by atoms with Gasteiger partial charge in [0, 0.05) is 0 Å². The summed E-state index contributed by atoms with van der Waals surface area (Å²) in [6.45, 7) is 4.66. The maximum Gasteiger partial charge on any atom is 0.172 e. The first-order chi connectivity index (χ1) is 5.66. The molecule has 0 spiro atoms. The number of terminal acetylenes is 1. The Kier molecular flexibility index (Phi) is 6.35. The summed E-state index contributed by atoms with van der Waals surface area (Å²) in [5.74, 6) is 2.41. The van der Waals surface area contributed by atoms with E-state index >= 15 is 0 Å². The van der Waals surface area contributed by atoms with E-state index in [1.807, 2.05) is 13.8 Å². The Morgan fingerprint density at radius 2 is 2.33 bits per heavy atom. The highest BCUT2D eigenvalue weighted by Gasteiger charge is 2.01. The van der Waals surface area contributed by atoms with Gasteiger partial charge in [-0.3, -0.25) is 10.1 Å². The fourth-order valence-electron chi connectivity index (χ4n) is 0.585. The summed E-state index contributed by atoms with van der Waals surface area (Å²) >= 11 is 0. The summed E-state index contributed by atoms with van der Waals surface area (Å²) in [7, 11) is 0. The van der Waals surface area contributed by atoms with Crippen molar-refractivity contribution in [3.63, 3.8) is 0 Å². The van der Waals surface area contributed by atoms with Crippen molar-refractivity contribution in [1.82, 2.24) is 5.32 Å². The molecular formula is C9H15NO2. The Morgan fingerprint density at radius 3 is 2.83 bits per heavy atom. The van der Waals surface area contributed by atoms with Crippen molar-refractivity contribution in [3.05, 3.63) is 0 Å². The molecular weight excluding hydrogens is 154 g/mol. The Labute approximate surface area is 73.5 Å². The molecule has 0 bridgehead atoms. The highest BCUT2D eigenvalue weighted by molar-refractivity contribution is 5.81. The third-order valence-electron chi connectivity index (χ3n) is 1.13. The summed E-state index contributed by atoms with van der Waals surface area (Å²) < 4.78 is 5.09. The number of carbonyl (C=O) groups excluding carboxylic acids is 1. The van der Waals surface area contributed by atoms with Gasteiger partial charge in [0.15, 0.2) is 5.78 Å². The molecule has 0 aliphatic carbocycles. The monoisotopic (exact) mass is 169 g/mol. The summed E-state index contributed by atoms with van der Waals surface area (Å²) in [6, 6.07) is 0. The predicted octanol–water partition coefficient (Wildman–Crippen LogP) is 0.203. The number of hydrogen-bond donors (Lipinski definition) is 1. The lowest BCUT2D eigenvalue weighted by Gasteiger charge is -2.05. The lowest BCUT2D eigenvalue weighted by molar-refractivity contribution is -0.124. The topological polar surface area (TPSA) is 38.3 Å². The first-order valence-electron chi connectivity index (χ1n) is 3.94. The molecule has 12 heavy (non-hydrogen) atoms. The molecule has 0 unspecified atom stereocenters. The molecule has 3 heteroatoms. The van der Waals surface area contributed by atoms with E-state index in [1.165, 1.54) is 0 Å². The highest BCUT2D eigenvalue weighted by atomic mass is 16.5. The maximum atomic E-state index is 11.0. The molecule has 0 aromatic rings. The van der Waals surface area contributed by atoms with Gasteiger partial charge < -0.3 is 4.74 Å². The zero-order valence-corrected chi connectivity index (χ0v) is 7.59. The van der Waals surface area contributed by atoms with E-state index in [2.05, 4.69) is 11.2 Å². The van der Waals surface area contributed by atoms with Crippen molar-refractivity contribution >= 4 is 5.78 Å². The molecule has 3 nitrogen and oxygen atoms in total. The van der Waals surface area contributed by atoms with Gasteiger partial charge in [0.05, 0.1) is 19.2 Å². The van der Waals surface area contributed by atoms with Crippen molar-refractivity contribution in [2.45, 2.75) is 20.0 Å². The van der Waals surface area contributed by atoms with Gasteiger partial charge in [-0.25, -0.2) is 0 Å². The standard InChI is InChI=1S/C9H15NO2/c1-4-5-10-6-9(11)7-12-8(2)3/h1,8,10H,5-7H2,2-3H3. The third-order valence-corrected chi connectivity index (χ3v) is 1.13. The molecule has 0 aromatic carbocycles. The van der Waals surface area contributed by atoms with Gasteiger partial charge in [-0.15, -0.1) is 6.42 Å². The number of ketones is 1. The molecule has 1 N–H and O–H groups in total. The van der Waals surface area contributed by atoms with Gasteiger partial charge in [-0.1, -0.05) is 5.92 Å². The number of ether oxygens (including phenoxy) is 1. The first-order valence-corrected chi connectivity index (χ1v) is 3.94. The van der Waals surface area contributed by atoms with Gasteiger partial charge in [0.2, 0.25) is 0 Å². The van der Waals surface area contributed by atoms with Crippen LogP contribution < -0.4 is 5.32 Å². The molecule has 0 rings (SSSR count). The summed E-state index contributed by atoms with van der Waals surface area (Å²) in [5.41, 5.74) is 0. The predicted molar refractivity (Wildman–Crippen MR) is 47.8 cm³/mol. The second-order valence-corrected chi connectivity index (χ2v) is 2.71. The second-order valence-electron chi connectivity index (χ2n) is 2.71.